The number of hydrogen-bond acceptors (Lipinski definition) is 3. The van der Waals surface area contributed by atoms with Crippen molar-refractivity contribution in [3.05, 3.63) is 22.7 Å². The Balaban J connectivity index is 2.72. The Labute approximate surface area is 127 Å². The van der Waals surface area contributed by atoms with Gasteiger partial charge in [0, 0.05) is 0 Å². The molecule has 0 aliphatic carbocycles. The van der Waals surface area contributed by atoms with Crippen LogP contribution >= 0.6 is 15.9 Å². The molecule has 0 aliphatic rings. The number of terminal acetylenes is 1. The van der Waals surface area contributed by atoms with E-state index in [9.17, 15) is 18.0 Å². The second kappa shape index (κ2) is 7.22. The van der Waals surface area contributed by atoms with Crippen LogP contribution in [0.5, 0.6) is 11.5 Å². The van der Waals surface area contributed by atoms with Crippen LogP contribution in [0.15, 0.2) is 22.7 Å². The molecule has 1 amide bonds. The Morgan fingerprint density at radius 2 is 2.19 bits per heavy atom. The molecule has 1 aromatic rings. The summed E-state index contributed by atoms with van der Waals surface area (Å²) >= 11 is 2.94. The highest BCUT2D eigenvalue weighted by Gasteiger charge is 2.32. The van der Waals surface area contributed by atoms with Crippen molar-refractivity contribution in [2.75, 3.05) is 6.54 Å². The normalized spacial score (nSPS) is 12.2. The third kappa shape index (κ3) is 5.95. The SMILES string of the molecule is C#CCNC(=O)C(C)Oc1ccc(OC(F)(F)F)c(Br)c1. The van der Waals surface area contributed by atoms with Crippen molar-refractivity contribution in [3.8, 4) is 23.8 Å². The number of hydrogen-bond donors (Lipinski definition) is 1. The summed E-state index contributed by atoms with van der Waals surface area (Å²) in [7, 11) is 0. The number of carbonyl (C=O) groups is 1. The molecule has 1 unspecified atom stereocenters. The molecule has 114 valence electrons. The molecule has 8 heteroatoms. The molecule has 0 fully saturated rings. The minimum absolute atomic E-state index is 0.0496. The topological polar surface area (TPSA) is 47.6 Å². The molecule has 1 N–H and O–H groups in total. The minimum atomic E-state index is -4.78. The van der Waals surface area contributed by atoms with Gasteiger partial charge < -0.3 is 14.8 Å². The summed E-state index contributed by atoms with van der Waals surface area (Å²) in [4.78, 5) is 11.5. The van der Waals surface area contributed by atoms with Crippen LogP contribution in [0.4, 0.5) is 13.2 Å². The molecule has 1 rings (SSSR count). The maximum atomic E-state index is 12.1. The summed E-state index contributed by atoms with van der Waals surface area (Å²) < 4.78 is 45.5. The first kappa shape index (κ1) is 17.2. The van der Waals surface area contributed by atoms with Crippen molar-refractivity contribution >= 4 is 21.8 Å². The van der Waals surface area contributed by atoms with Gasteiger partial charge in [-0.05, 0) is 41.1 Å². The van der Waals surface area contributed by atoms with Crippen molar-refractivity contribution in [3.63, 3.8) is 0 Å². The fraction of sp³-hybridized carbons (Fsp3) is 0.308. The first-order valence-corrected chi connectivity index (χ1v) is 6.45. The van der Waals surface area contributed by atoms with Crippen LogP contribution in [-0.4, -0.2) is 24.9 Å². The smallest absolute Gasteiger partial charge is 0.481 e. The van der Waals surface area contributed by atoms with E-state index in [0.717, 1.165) is 6.07 Å². The van der Waals surface area contributed by atoms with Gasteiger partial charge in [0.15, 0.2) is 6.10 Å². The Bertz CT molecular complexity index is 555. The van der Waals surface area contributed by atoms with E-state index in [0.29, 0.717) is 0 Å². The molecule has 0 heterocycles. The van der Waals surface area contributed by atoms with Crippen LogP contribution < -0.4 is 14.8 Å². The quantitative estimate of drug-likeness (QED) is 0.816. The summed E-state index contributed by atoms with van der Waals surface area (Å²) in [6.45, 7) is 1.55. The van der Waals surface area contributed by atoms with Crippen molar-refractivity contribution in [2.45, 2.75) is 19.4 Å². The predicted molar refractivity (Wildman–Crippen MR) is 72.8 cm³/mol. The van der Waals surface area contributed by atoms with Crippen LogP contribution in [0.1, 0.15) is 6.92 Å². The number of ether oxygens (including phenoxy) is 2. The summed E-state index contributed by atoms with van der Waals surface area (Å²) in [5.74, 6) is 1.61. The van der Waals surface area contributed by atoms with E-state index in [2.05, 4.69) is 31.9 Å². The molecule has 0 radical (unpaired) electrons. The van der Waals surface area contributed by atoms with Crippen molar-refractivity contribution in [1.29, 1.82) is 0 Å². The van der Waals surface area contributed by atoms with Crippen LogP contribution in [0, 0.1) is 12.3 Å². The molecule has 0 bridgehead atoms. The number of halogens is 4. The highest BCUT2D eigenvalue weighted by atomic mass is 79.9. The maximum Gasteiger partial charge on any atom is 0.573 e. The molecule has 4 nitrogen and oxygen atoms in total. The highest BCUT2D eigenvalue weighted by Crippen LogP contribution is 2.33. The number of amides is 1. The molecule has 0 saturated heterocycles. The number of benzene rings is 1. The second-order valence-corrected chi connectivity index (χ2v) is 4.68. The fourth-order valence-corrected chi connectivity index (χ4v) is 1.74. The molecule has 1 atom stereocenters. The lowest BCUT2D eigenvalue weighted by Crippen LogP contribution is -2.36. The van der Waals surface area contributed by atoms with Gasteiger partial charge in [-0.2, -0.15) is 0 Å². The molecule has 0 aliphatic heterocycles. The van der Waals surface area contributed by atoms with Gasteiger partial charge in [-0.1, -0.05) is 5.92 Å². The van der Waals surface area contributed by atoms with Crippen molar-refractivity contribution in [2.24, 2.45) is 0 Å². The summed E-state index contributed by atoms with van der Waals surface area (Å²) in [5.41, 5.74) is 0. The molecule has 1 aromatic carbocycles. The summed E-state index contributed by atoms with van der Waals surface area (Å²) in [6, 6.07) is 3.61. The Hall–Kier alpha value is -1.88. The van der Waals surface area contributed by atoms with E-state index in [1.54, 1.807) is 0 Å². The third-order valence-corrected chi connectivity index (χ3v) is 2.80. The third-order valence-electron chi connectivity index (χ3n) is 2.18. The zero-order valence-corrected chi connectivity index (χ0v) is 12.4. The van der Waals surface area contributed by atoms with E-state index < -0.39 is 24.1 Å². The predicted octanol–water partition coefficient (Wildman–Crippen LogP) is 2.86. The Morgan fingerprint density at radius 1 is 1.52 bits per heavy atom. The number of rotatable bonds is 5. The lowest BCUT2D eigenvalue weighted by Gasteiger charge is -2.15. The van der Waals surface area contributed by atoms with Gasteiger partial charge in [-0.3, -0.25) is 4.79 Å². The van der Waals surface area contributed by atoms with E-state index >= 15 is 0 Å². The standard InChI is InChI=1S/C13H11BrF3NO3/c1-3-6-18-12(19)8(2)20-9-4-5-11(10(14)7-9)21-13(15,16)17/h1,4-5,7-8H,6H2,2H3,(H,18,19). The second-order valence-electron chi connectivity index (χ2n) is 3.82. The van der Waals surface area contributed by atoms with Crippen molar-refractivity contribution in [1.82, 2.24) is 5.32 Å². The zero-order valence-electron chi connectivity index (χ0n) is 10.8. The Morgan fingerprint density at radius 3 is 2.71 bits per heavy atom. The van der Waals surface area contributed by atoms with E-state index in [4.69, 9.17) is 11.2 Å². The van der Waals surface area contributed by atoms with E-state index in [1.807, 2.05) is 0 Å². The average Bonchev–Trinajstić information content (AvgIpc) is 2.37. The van der Waals surface area contributed by atoms with Gasteiger partial charge in [0.2, 0.25) is 0 Å². The fourth-order valence-electron chi connectivity index (χ4n) is 1.30. The average molecular weight is 366 g/mol. The van der Waals surface area contributed by atoms with Gasteiger partial charge in [0.25, 0.3) is 5.91 Å². The molecule has 0 spiro atoms. The van der Waals surface area contributed by atoms with E-state index in [-0.39, 0.29) is 16.8 Å². The van der Waals surface area contributed by atoms with Gasteiger partial charge in [-0.25, -0.2) is 0 Å². The molecular formula is C13H11BrF3NO3. The first-order valence-electron chi connectivity index (χ1n) is 5.66. The number of carbonyl (C=O) groups excluding carboxylic acids is 1. The van der Waals surface area contributed by atoms with Gasteiger partial charge in [0.05, 0.1) is 11.0 Å². The van der Waals surface area contributed by atoms with Gasteiger partial charge in [0.1, 0.15) is 11.5 Å². The number of nitrogens with one attached hydrogen (secondary N) is 1. The van der Waals surface area contributed by atoms with Crippen LogP contribution in [0.25, 0.3) is 0 Å². The zero-order chi connectivity index (χ0) is 16.0. The lowest BCUT2D eigenvalue weighted by atomic mass is 10.3. The van der Waals surface area contributed by atoms with Crippen molar-refractivity contribution < 1.29 is 27.4 Å². The number of alkyl halides is 3. The van der Waals surface area contributed by atoms with Gasteiger partial charge in [-0.15, -0.1) is 19.6 Å². The van der Waals surface area contributed by atoms with E-state index in [1.165, 1.54) is 19.1 Å². The largest absolute Gasteiger partial charge is 0.573 e. The molecule has 0 saturated carbocycles. The maximum absolute atomic E-state index is 12.1. The molecule has 21 heavy (non-hydrogen) atoms. The summed E-state index contributed by atoms with van der Waals surface area (Å²) in [6.07, 6.45) is -0.633. The van der Waals surface area contributed by atoms with Crippen LogP contribution in [0.3, 0.4) is 0 Å². The van der Waals surface area contributed by atoms with Crippen LogP contribution in [-0.2, 0) is 4.79 Å². The first-order chi connectivity index (χ1) is 9.73. The minimum Gasteiger partial charge on any atom is -0.481 e. The van der Waals surface area contributed by atoms with Gasteiger partial charge >= 0.3 is 6.36 Å². The highest BCUT2D eigenvalue weighted by molar-refractivity contribution is 9.10. The van der Waals surface area contributed by atoms with Crippen LogP contribution in [0.2, 0.25) is 0 Å². The lowest BCUT2D eigenvalue weighted by molar-refractivity contribution is -0.274. The monoisotopic (exact) mass is 365 g/mol. The molecule has 0 aromatic heterocycles. The Kier molecular flexibility index (Phi) is 5.90. The molecular weight excluding hydrogens is 355 g/mol. The summed E-state index contributed by atoms with van der Waals surface area (Å²) in [5, 5.41) is 2.42.